The fourth-order valence-electron chi connectivity index (χ4n) is 1.77. The molecule has 0 saturated heterocycles. The van der Waals surface area contributed by atoms with E-state index in [2.05, 4.69) is 9.69 Å². The van der Waals surface area contributed by atoms with Gasteiger partial charge in [-0.25, -0.2) is 9.69 Å². The topological polar surface area (TPSA) is 17.9 Å². The second-order valence-corrected chi connectivity index (χ2v) is 4.22. The minimum Gasteiger partial charge on any atom is -0.458 e. The lowest BCUT2D eigenvalue weighted by Gasteiger charge is -2.08. The third-order valence-corrected chi connectivity index (χ3v) is 2.81. The van der Waals surface area contributed by atoms with Crippen molar-refractivity contribution < 1.29 is 4.74 Å². The minimum atomic E-state index is 0.631. The summed E-state index contributed by atoms with van der Waals surface area (Å²) < 4.78 is 5.73. The zero-order valence-electron chi connectivity index (χ0n) is 10.8. The Bertz CT molecular complexity index is 644. The van der Waals surface area contributed by atoms with Crippen molar-refractivity contribution in [2.75, 3.05) is 0 Å². The van der Waals surface area contributed by atoms with Gasteiger partial charge in [0.2, 0.25) is 0 Å². The Balaban J connectivity index is 2.27. The molecule has 0 N–H and O–H groups in total. The van der Waals surface area contributed by atoms with Crippen LogP contribution in [0.25, 0.3) is 9.69 Å². The standard InChI is InChI=1S/C16H12N2O/c1-11-9-13(5-7-15(11)17-3)19-14-6-8-16(18-4)12(2)10-14/h5-10H,1-2H3. The van der Waals surface area contributed by atoms with E-state index in [1.807, 2.05) is 26.0 Å². The van der Waals surface area contributed by atoms with Gasteiger partial charge in [-0.2, -0.15) is 0 Å². The van der Waals surface area contributed by atoms with Crippen molar-refractivity contribution in [2.24, 2.45) is 0 Å². The zero-order chi connectivity index (χ0) is 13.8. The summed E-state index contributed by atoms with van der Waals surface area (Å²) in [4.78, 5) is 6.83. The molecule has 0 spiro atoms. The van der Waals surface area contributed by atoms with Crippen LogP contribution in [-0.4, -0.2) is 0 Å². The van der Waals surface area contributed by atoms with E-state index in [4.69, 9.17) is 17.9 Å². The molecule has 2 aromatic rings. The maximum absolute atomic E-state index is 7.01. The van der Waals surface area contributed by atoms with Gasteiger partial charge in [0, 0.05) is 0 Å². The summed E-state index contributed by atoms with van der Waals surface area (Å²) in [6.07, 6.45) is 0. The molecule has 0 aliphatic rings. The van der Waals surface area contributed by atoms with Crippen molar-refractivity contribution in [3.63, 3.8) is 0 Å². The molecule has 3 heteroatoms. The number of hydrogen-bond acceptors (Lipinski definition) is 1. The fourth-order valence-corrected chi connectivity index (χ4v) is 1.77. The van der Waals surface area contributed by atoms with Gasteiger partial charge in [0.05, 0.1) is 13.1 Å². The molecule has 19 heavy (non-hydrogen) atoms. The van der Waals surface area contributed by atoms with Crippen LogP contribution in [0.3, 0.4) is 0 Å². The molecule has 0 saturated carbocycles. The second-order valence-electron chi connectivity index (χ2n) is 4.22. The van der Waals surface area contributed by atoms with Crippen molar-refractivity contribution in [1.29, 1.82) is 0 Å². The van der Waals surface area contributed by atoms with Crippen LogP contribution in [0.5, 0.6) is 11.5 Å². The Labute approximate surface area is 112 Å². The van der Waals surface area contributed by atoms with Gasteiger partial charge in [-0.05, 0) is 49.2 Å². The highest BCUT2D eigenvalue weighted by Gasteiger charge is 2.04. The van der Waals surface area contributed by atoms with E-state index in [9.17, 15) is 0 Å². The van der Waals surface area contributed by atoms with Gasteiger partial charge in [-0.15, -0.1) is 0 Å². The third kappa shape index (κ3) is 2.73. The van der Waals surface area contributed by atoms with E-state index in [0.717, 1.165) is 11.1 Å². The molecule has 0 heterocycles. The Morgan fingerprint density at radius 2 is 1.21 bits per heavy atom. The summed E-state index contributed by atoms with van der Waals surface area (Å²) in [7, 11) is 0. The van der Waals surface area contributed by atoms with Gasteiger partial charge in [-0.3, -0.25) is 0 Å². The number of nitrogens with zero attached hydrogens (tertiary/aromatic N) is 2. The molecule has 0 atom stereocenters. The predicted molar refractivity (Wildman–Crippen MR) is 75.0 cm³/mol. The maximum atomic E-state index is 7.01. The van der Waals surface area contributed by atoms with Crippen LogP contribution in [0.1, 0.15) is 11.1 Å². The molecule has 0 aliphatic heterocycles. The van der Waals surface area contributed by atoms with Gasteiger partial charge in [-0.1, -0.05) is 12.1 Å². The zero-order valence-corrected chi connectivity index (χ0v) is 10.8. The highest BCUT2D eigenvalue weighted by Crippen LogP contribution is 2.30. The molecule has 92 valence electrons. The summed E-state index contributed by atoms with van der Waals surface area (Å²) in [5, 5.41) is 0. The average Bonchev–Trinajstić information content (AvgIpc) is 2.39. The first-order valence-corrected chi connectivity index (χ1v) is 5.78. The molecule has 0 aliphatic carbocycles. The highest BCUT2D eigenvalue weighted by molar-refractivity contribution is 5.56. The fraction of sp³-hybridized carbons (Fsp3) is 0.125. The summed E-state index contributed by atoms with van der Waals surface area (Å²) in [6.45, 7) is 17.8. The third-order valence-electron chi connectivity index (χ3n) is 2.81. The SMILES string of the molecule is [C-]#[N+]c1ccc(Oc2ccc([N+]#[C-])c(C)c2)cc1C. The summed E-state index contributed by atoms with van der Waals surface area (Å²) in [5.41, 5.74) is 3.04. The molecular weight excluding hydrogens is 236 g/mol. The summed E-state index contributed by atoms with van der Waals surface area (Å²) in [5.74, 6) is 1.39. The Morgan fingerprint density at radius 1 is 0.789 bits per heavy atom. The normalized spacial score (nSPS) is 9.47. The molecule has 0 amide bonds. The number of benzene rings is 2. The number of aryl methyl sites for hydroxylation is 2. The number of rotatable bonds is 2. The monoisotopic (exact) mass is 248 g/mol. The lowest BCUT2D eigenvalue weighted by atomic mass is 10.2. The van der Waals surface area contributed by atoms with Crippen LogP contribution in [0, 0.1) is 27.0 Å². The van der Waals surface area contributed by atoms with E-state index >= 15 is 0 Å². The second kappa shape index (κ2) is 5.25. The molecule has 0 radical (unpaired) electrons. The van der Waals surface area contributed by atoms with Gasteiger partial charge in [0.1, 0.15) is 11.5 Å². The van der Waals surface area contributed by atoms with Crippen molar-refractivity contribution in [3.8, 4) is 11.5 Å². The van der Waals surface area contributed by atoms with Crippen molar-refractivity contribution in [3.05, 3.63) is 70.4 Å². The first-order valence-electron chi connectivity index (χ1n) is 5.78. The van der Waals surface area contributed by atoms with E-state index < -0.39 is 0 Å². The Morgan fingerprint density at radius 3 is 1.53 bits per heavy atom. The van der Waals surface area contributed by atoms with Gasteiger partial charge >= 0.3 is 0 Å². The molecular formula is C16H12N2O. The van der Waals surface area contributed by atoms with E-state index in [1.165, 1.54) is 0 Å². The van der Waals surface area contributed by atoms with E-state index in [-0.39, 0.29) is 0 Å². The molecule has 0 unspecified atom stereocenters. The summed E-state index contributed by atoms with van der Waals surface area (Å²) >= 11 is 0. The molecule has 2 aromatic carbocycles. The van der Waals surface area contributed by atoms with Gasteiger partial charge in [0.15, 0.2) is 11.4 Å². The minimum absolute atomic E-state index is 0.631. The predicted octanol–water partition coefficient (Wildman–Crippen LogP) is 5.20. The van der Waals surface area contributed by atoms with Crippen molar-refractivity contribution in [2.45, 2.75) is 13.8 Å². The number of hydrogen-bond donors (Lipinski definition) is 0. The van der Waals surface area contributed by atoms with Crippen LogP contribution in [-0.2, 0) is 0 Å². The highest BCUT2D eigenvalue weighted by atomic mass is 16.5. The van der Waals surface area contributed by atoms with Crippen molar-refractivity contribution in [1.82, 2.24) is 0 Å². The van der Waals surface area contributed by atoms with Crippen molar-refractivity contribution >= 4 is 11.4 Å². The first-order chi connectivity index (χ1) is 9.13. The molecule has 0 bridgehead atoms. The lowest BCUT2D eigenvalue weighted by Crippen LogP contribution is -1.86. The largest absolute Gasteiger partial charge is 0.458 e. The van der Waals surface area contributed by atoms with E-state index in [0.29, 0.717) is 22.9 Å². The first kappa shape index (κ1) is 12.7. The smallest absolute Gasteiger partial charge is 0.190 e. The van der Waals surface area contributed by atoms with Crippen LogP contribution >= 0.6 is 0 Å². The number of ether oxygens (including phenoxy) is 1. The molecule has 0 fully saturated rings. The van der Waals surface area contributed by atoms with E-state index in [1.54, 1.807) is 24.3 Å². The van der Waals surface area contributed by atoms with Crippen LogP contribution < -0.4 is 4.74 Å². The Kier molecular flexibility index (Phi) is 3.50. The lowest BCUT2D eigenvalue weighted by molar-refractivity contribution is 0.482. The van der Waals surface area contributed by atoms with Crippen LogP contribution in [0.2, 0.25) is 0 Å². The van der Waals surface area contributed by atoms with Gasteiger partial charge in [0.25, 0.3) is 0 Å². The van der Waals surface area contributed by atoms with Crippen LogP contribution in [0.4, 0.5) is 11.4 Å². The summed E-state index contributed by atoms with van der Waals surface area (Å²) in [6, 6.07) is 10.7. The van der Waals surface area contributed by atoms with Gasteiger partial charge < -0.3 is 4.74 Å². The Hall–Kier alpha value is -2.78. The molecule has 0 aromatic heterocycles. The van der Waals surface area contributed by atoms with Crippen LogP contribution in [0.15, 0.2) is 36.4 Å². The molecule has 3 nitrogen and oxygen atoms in total. The average molecular weight is 248 g/mol. The molecule has 2 rings (SSSR count). The maximum Gasteiger partial charge on any atom is 0.190 e. The quantitative estimate of drug-likeness (QED) is 0.668.